The van der Waals surface area contributed by atoms with E-state index in [0.717, 1.165) is 12.1 Å². The van der Waals surface area contributed by atoms with Crippen LogP contribution in [0.4, 0.5) is 0 Å². The van der Waals surface area contributed by atoms with Crippen LogP contribution in [0.1, 0.15) is 22.9 Å². The number of para-hydroxylation sites is 2. The number of nitrogens with zero attached hydrogens (tertiary/aromatic N) is 1. The quantitative estimate of drug-likeness (QED) is 0.704. The van der Waals surface area contributed by atoms with Crippen LogP contribution in [0.15, 0.2) is 66.9 Å². The largest absolute Gasteiger partial charge is 0.507 e. The second kappa shape index (κ2) is 4.79. The van der Waals surface area contributed by atoms with Gasteiger partial charge in [0.2, 0.25) is 0 Å². The number of fused-ring (bicyclic) bond motifs is 3. The van der Waals surface area contributed by atoms with Crippen LogP contribution in [-0.4, -0.2) is 9.67 Å². The van der Waals surface area contributed by atoms with Gasteiger partial charge in [0, 0.05) is 11.8 Å². The molecule has 0 radical (unpaired) electrons. The minimum atomic E-state index is 0.105. The summed E-state index contributed by atoms with van der Waals surface area (Å²) in [6, 6.07) is 20.4. The van der Waals surface area contributed by atoms with E-state index in [1.807, 2.05) is 18.2 Å². The Labute approximate surface area is 123 Å². The van der Waals surface area contributed by atoms with E-state index in [-0.39, 0.29) is 6.04 Å². The first kappa shape index (κ1) is 12.2. The number of hydrogen-bond donors (Lipinski definition) is 2. The number of phenols is 1. The molecule has 0 amide bonds. The predicted octanol–water partition coefficient (Wildman–Crippen LogP) is 2.35. The zero-order valence-corrected chi connectivity index (χ0v) is 11.6. The Morgan fingerprint density at radius 2 is 1.76 bits per heavy atom. The Bertz CT molecular complexity index is 791. The molecule has 0 saturated heterocycles. The molecule has 3 N–H and O–H groups in total. The summed E-state index contributed by atoms with van der Waals surface area (Å²) in [5, 5.41) is 12.5. The zero-order chi connectivity index (χ0) is 14.2. The average molecular weight is 277 g/mol. The molecule has 3 heteroatoms. The molecule has 21 heavy (non-hydrogen) atoms. The molecule has 1 unspecified atom stereocenters. The van der Waals surface area contributed by atoms with Crippen LogP contribution >= 0.6 is 0 Å². The van der Waals surface area contributed by atoms with E-state index in [0.29, 0.717) is 5.75 Å². The maximum atomic E-state index is 10.2. The summed E-state index contributed by atoms with van der Waals surface area (Å²) in [6.45, 7) is 0.900. The highest BCUT2D eigenvalue weighted by molar-refractivity contribution is 5.46. The van der Waals surface area contributed by atoms with Crippen LogP contribution < -0.4 is 5.32 Å². The molecular formula is C18H17N2O+. The summed E-state index contributed by atoms with van der Waals surface area (Å²) < 4.78 is 2.23. The van der Waals surface area contributed by atoms with Gasteiger partial charge in [-0.2, -0.15) is 0 Å². The van der Waals surface area contributed by atoms with E-state index in [4.69, 9.17) is 0 Å². The number of quaternary nitrogens is 1. The van der Waals surface area contributed by atoms with E-state index in [1.165, 1.54) is 16.9 Å². The smallest absolute Gasteiger partial charge is 0.157 e. The van der Waals surface area contributed by atoms with Crippen LogP contribution in [-0.2, 0) is 6.54 Å². The first-order valence-electron chi connectivity index (χ1n) is 7.21. The van der Waals surface area contributed by atoms with Gasteiger partial charge in [0.15, 0.2) is 6.04 Å². The molecule has 1 aromatic heterocycles. The molecule has 1 atom stereocenters. The Morgan fingerprint density at radius 3 is 2.67 bits per heavy atom. The Kier molecular flexibility index (Phi) is 2.79. The van der Waals surface area contributed by atoms with E-state index in [2.05, 4.69) is 52.5 Å². The summed E-state index contributed by atoms with van der Waals surface area (Å²) >= 11 is 0. The third kappa shape index (κ3) is 1.94. The number of nitrogens with two attached hydrogens (primary N) is 1. The monoisotopic (exact) mass is 277 g/mol. The molecular weight excluding hydrogens is 260 g/mol. The van der Waals surface area contributed by atoms with E-state index in [1.54, 1.807) is 6.07 Å². The lowest BCUT2D eigenvalue weighted by Crippen LogP contribution is -2.83. The van der Waals surface area contributed by atoms with E-state index < -0.39 is 0 Å². The standard InChI is InChI=1S/C18H16N2O/c21-17-10-4-2-7-14(17)18-16-9-5-11-20(16)15-8-3-1-6-13(15)12-19-18/h1-11,18-19,21H,12H2/p+1. The van der Waals surface area contributed by atoms with Gasteiger partial charge in [-0.3, -0.25) is 0 Å². The molecule has 104 valence electrons. The second-order valence-corrected chi connectivity index (χ2v) is 5.41. The SMILES string of the molecule is Oc1ccccc1C1[NH2+]Cc2ccccc2-n2cccc21. The van der Waals surface area contributed by atoms with Crippen LogP contribution in [0, 0.1) is 0 Å². The van der Waals surface area contributed by atoms with Crippen LogP contribution in [0.2, 0.25) is 0 Å². The molecule has 2 aromatic carbocycles. The van der Waals surface area contributed by atoms with Crippen molar-refractivity contribution in [2.45, 2.75) is 12.6 Å². The minimum Gasteiger partial charge on any atom is -0.507 e. The predicted molar refractivity (Wildman–Crippen MR) is 81.3 cm³/mol. The average Bonchev–Trinajstić information content (AvgIpc) is 2.93. The Hall–Kier alpha value is -2.52. The maximum Gasteiger partial charge on any atom is 0.157 e. The molecule has 0 saturated carbocycles. The third-order valence-electron chi connectivity index (χ3n) is 4.20. The van der Waals surface area contributed by atoms with Gasteiger partial charge in [-0.05, 0) is 30.3 Å². The zero-order valence-electron chi connectivity index (χ0n) is 11.6. The van der Waals surface area contributed by atoms with Crippen molar-refractivity contribution in [3.05, 3.63) is 83.7 Å². The first-order valence-corrected chi connectivity index (χ1v) is 7.21. The minimum absolute atomic E-state index is 0.105. The lowest BCUT2D eigenvalue weighted by molar-refractivity contribution is -0.702. The second-order valence-electron chi connectivity index (χ2n) is 5.41. The van der Waals surface area contributed by atoms with Crippen molar-refractivity contribution in [3.8, 4) is 11.4 Å². The molecule has 2 heterocycles. The van der Waals surface area contributed by atoms with Gasteiger partial charge >= 0.3 is 0 Å². The summed E-state index contributed by atoms with van der Waals surface area (Å²) in [5.74, 6) is 0.359. The fourth-order valence-corrected chi connectivity index (χ4v) is 3.19. The van der Waals surface area contributed by atoms with E-state index >= 15 is 0 Å². The van der Waals surface area contributed by atoms with Crippen LogP contribution in [0.25, 0.3) is 5.69 Å². The number of phenolic OH excluding ortho intramolecular Hbond substituents is 1. The van der Waals surface area contributed by atoms with Gasteiger partial charge in [0.05, 0.1) is 16.9 Å². The van der Waals surface area contributed by atoms with Gasteiger partial charge in [-0.1, -0.05) is 30.3 Å². The van der Waals surface area contributed by atoms with Crippen molar-refractivity contribution < 1.29 is 10.4 Å². The van der Waals surface area contributed by atoms with Crippen LogP contribution in [0.5, 0.6) is 5.75 Å². The van der Waals surface area contributed by atoms with E-state index in [9.17, 15) is 5.11 Å². The highest BCUT2D eigenvalue weighted by atomic mass is 16.3. The molecule has 0 spiro atoms. The molecule has 0 fully saturated rings. The fraction of sp³-hybridized carbons (Fsp3) is 0.111. The van der Waals surface area contributed by atoms with Gasteiger partial charge in [-0.25, -0.2) is 0 Å². The highest BCUT2D eigenvalue weighted by Gasteiger charge is 2.27. The molecule has 4 rings (SSSR count). The first-order chi connectivity index (χ1) is 10.3. The number of hydrogen-bond acceptors (Lipinski definition) is 1. The number of aromatic hydroxyl groups is 1. The number of aromatic nitrogens is 1. The molecule has 3 nitrogen and oxygen atoms in total. The third-order valence-corrected chi connectivity index (χ3v) is 4.20. The summed E-state index contributed by atoms with van der Waals surface area (Å²) in [5.41, 5.74) is 4.70. The van der Waals surface area contributed by atoms with Crippen LogP contribution in [0.3, 0.4) is 0 Å². The van der Waals surface area contributed by atoms with Crippen molar-refractivity contribution >= 4 is 0 Å². The molecule has 0 bridgehead atoms. The molecule has 1 aliphatic rings. The van der Waals surface area contributed by atoms with Gasteiger partial charge in [-0.15, -0.1) is 0 Å². The van der Waals surface area contributed by atoms with Crippen molar-refractivity contribution in [1.29, 1.82) is 0 Å². The molecule has 3 aromatic rings. The normalized spacial score (nSPS) is 16.9. The van der Waals surface area contributed by atoms with Crippen molar-refractivity contribution in [2.24, 2.45) is 0 Å². The Morgan fingerprint density at radius 1 is 0.952 bits per heavy atom. The number of rotatable bonds is 1. The van der Waals surface area contributed by atoms with Gasteiger partial charge in [0.25, 0.3) is 0 Å². The van der Waals surface area contributed by atoms with Crippen molar-refractivity contribution in [2.75, 3.05) is 0 Å². The van der Waals surface area contributed by atoms with Gasteiger partial charge in [0.1, 0.15) is 12.3 Å². The number of benzene rings is 2. The topological polar surface area (TPSA) is 41.8 Å². The fourth-order valence-electron chi connectivity index (χ4n) is 3.19. The van der Waals surface area contributed by atoms with Gasteiger partial charge < -0.3 is 15.0 Å². The lowest BCUT2D eigenvalue weighted by atomic mass is 10.0. The van der Waals surface area contributed by atoms with Crippen molar-refractivity contribution in [1.82, 2.24) is 4.57 Å². The summed E-state index contributed by atoms with van der Waals surface area (Å²) in [7, 11) is 0. The summed E-state index contributed by atoms with van der Waals surface area (Å²) in [6.07, 6.45) is 2.10. The van der Waals surface area contributed by atoms with Crippen molar-refractivity contribution in [3.63, 3.8) is 0 Å². The Balaban J connectivity index is 1.90. The lowest BCUT2D eigenvalue weighted by Gasteiger charge is -2.15. The molecule has 0 aliphatic carbocycles. The highest BCUT2D eigenvalue weighted by Crippen LogP contribution is 2.30. The summed E-state index contributed by atoms with van der Waals surface area (Å²) in [4.78, 5) is 0. The molecule has 1 aliphatic heterocycles. The maximum absolute atomic E-state index is 10.2.